The van der Waals surface area contributed by atoms with Crippen LogP contribution in [0.4, 0.5) is 5.69 Å². The van der Waals surface area contributed by atoms with Gasteiger partial charge in [-0.15, -0.1) is 0 Å². The van der Waals surface area contributed by atoms with Crippen LogP contribution >= 0.6 is 11.8 Å². The van der Waals surface area contributed by atoms with Gasteiger partial charge in [0.15, 0.2) is 5.16 Å². The SMILES string of the molecule is CSc1nc(C)c(CCC(=O)N(C)CC(=O)Nc2cccc(C)c2C)c(C)n1. The largest absolute Gasteiger partial charge is 0.336 e. The standard InChI is InChI=1S/C21H28N4O2S/c1-13-8-7-9-18(14(13)2)24-19(26)12-25(5)20(27)11-10-17-15(3)22-21(28-6)23-16(17)4/h7-9H,10-12H2,1-6H3,(H,24,26). The highest BCUT2D eigenvalue weighted by atomic mass is 32.2. The van der Waals surface area contributed by atoms with Crippen LogP contribution in [0, 0.1) is 27.7 Å². The van der Waals surface area contributed by atoms with E-state index in [0.29, 0.717) is 12.8 Å². The molecule has 0 aliphatic rings. The minimum Gasteiger partial charge on any atom is -0.336 e. The Balaban J connectivity index is 1.92. The maximum Gasteiger partial charge on any atom is 0.243 e. The van der Waals surface area contributed by atoms with Gasteiger partial charge in [-0.2, -0.15) is 0 Å². The molecule has 0 atom stereocenters. The number of thioether (sulfide) groups is 1. The topological polar surface area (TPSA) is 75.2 Å². The number of carbonyl (C=O) groups is 2. The van der Waals surface area contributed by atoms with Gasteiger partial charge in [-0.1, -0.05) is 23.9 Å². The van der Waals surface area contributed by atoms with Gasteiger partial charge in [-0.3, -0.25) is 9.59 Å². The van der Waals surface area contributed by atoms with Crippen molar-refractivity contribution < 1.29 is 9.59 Å². The minimum absolute atomic E-state index is 0.0199. The van der Waals surface area contributed by atoms with E-state index in [2.05, 4.69) is 15.3 Å². The smallest absolute Gasteiger partial charge is 0.243 e. The number of likely N-dealkylation sites (N-methyl/N-ethyl adjacent to an activating group) is 1. The number of hydrogen-bond acceptors (Lipinski definition) is 5. The van der Waals surface area contributed by atoms with Crippen molar-refractivity contribution in [3.05, 3.63) is 46.3 Å². The van der Waals surface area contributed by atoms with E-state index >= 15 is 0 Å². The Kier molecular flexibility index (Phi) is 7.57. The molecule has 0 saturated heterocycles. The molecule has 1 heterocycles. The van der Waals surface area contributed by atoms with E-state index in [1.54, 1.807) is 7.05 Å². The molecule has 7 heteroatoms. The number of aromatic nitrogens is 2. The average molecular weight is 401 g/mol. The molecule has 28 heavy (non-hydrogen) atoms. The maximum absolute atomic E-state index is 12.5. The zero-order chi connectivity index (χ0) is 20.8. The van der Waals surface area contributed by atoms with E-state index in [9.17, 15) is 9.59 Å². The van der Waals surface area contributed by atoms with Gasteiger partial charge in [-0.25, -0.2) is 9.97 Å². The second-order valence-electron chi connectivity index (χ2n) is 6.91. The summed E-state index contributed by atoms with van der Waals surface area (Å²) >= 11 is 1.50. The Morgan fingerprint density at radius 2 is 1.75 bits per heavy atom. The van der Waals surface area contributed by atoms with E-state index in [4.69, 9.17) is 0 Å². The van der Waals surface area contributed by atoms with Crippen molar-refractivity contribution >= 4 is 29.3 Å². The van der Waals surface area contributed by atoms with Gasteiger partial charge in [0.2, 0.25) is 11.8 Å². The first-order valence-corrected chi connectivity index (χ1v) is 10.4. The molecule has 2 aromatic rings. The number of benzene rings is 1. The molecule has 0 aliphatic heterocycles. The third-order valence-corrected chi connectivity index (χ3v) is 5.40. The normalized spacial score (nSPS) is 10.6. The van der Waals surface area contributed by atoms with Crippen LogP contribution in [0.25, 0.3) is 0 Å². The highest BCUT2D eigenvalue weighted by Gasteiger charge is 2.16. The van der Waals surface area contributed by atoms with Crippen molar-refractivity contribution in [1.82, 2.24) is 14.9 Å². The van der Waals surface area contributed by atoms with Gasteiger partial charge in [0.25, 0.3) is 0 Å². The molecule has 1 aromatic heterocycles. The summed E-state index contributed by atoms with van der Waals surface area (Å²) in [5.74, 6) is -0.284. The molecule has 150 valence electrons. The van der Waals surface area contributed by atoms with Gasteiger partial charge < -0.3 is 10.2 Å². The van der Waals surface area contributed by atoms with E-state index in [-0.39, 0.29) is 18.4 Å². The number of amides is 2. The molecule has 0 aliphatic carbocycles. The third kappa shape index (κ3) is 5.55. The summed E-state index contributed by atoms with van der Waals surface area (Å²) in [6, 6.07) is 5.77. The molecule has 2 amide bonds. The Labute approximate surface area is 171 Å². The van der Waals surface area contributed by atoms with Crippen LogP contribution in [-0.2, 0) is 16.0 Å². The molecule has 0 bridgehead atoms. The number of nitrogens with zero attached hydrogens (tertiary/aromatic N) is 3. The lowest BCUT2D eigenvalue weighted by atomic mass is 10.1. The quantitative estimate of drug-likeness (QED) is 0.569. The highest BCUT2D eigenvalue weighted by Crippen LogP contribution is 2.19. The minimum atomic E-state index is -0.204. The van der Waals surface area contributed by atoms with Crippen molar-refractivity contribution in [3.63, 3.8) is 0 Å². The van der Waals surface area contributed by atoms with Gasteiger partial charge in [-0.05, 0) is 63.1 Å². The van der Waals surface area contributed by atoms with Crippen LogP contribution in [0.15, 0.2) is 23.4 Å². The van der Waals surface area contributed by atoms with Gasteiger partial charge >= 0.3 is 0 Å². The Hall–Kier alpha value is -2.41. The lowest BCUT2D eigenvalue weighted by Gasteiger charge is -2.18. The Morgan fingerprint density at radius 1 is 1.11 bits per heavy atom. The van der Waals surface area contributed by atoms with Crippen molar-refractivity contribution in [2.24, 2.45) is 0 Å². The van der Waals surface area contributed by atoms with Crippen LogP contribution in [0.1, 0.15) is 34.5 Å². The van der Waals surface area contributed by atoms with Crippen molar-refractivity contribution in [3.8, 4) is 0 Å². The molecule has 1 aromatic carbocycles. The van der Waals surface area contributed by atoms with Gasteiger partial charge in [0.05, 0.1) is 6.54 Å². The number of hydrogen-bond donors (Lipinski definition) is 1. The summed E-state index contributed by atoms with van der Waals surface area (Å²) in [5.41, 5.74) is 5.73. The fraction of sp³-hybridized carbons (Fsp3) is 0.429. The lowest BCUT2D eigenvalue weighted by Crippen LogP contribution is -2.35. The predicted molar refractivity (Wildman–Crippen MR) is 114 cm³/mol. The highest BCUT2D eigenvalue weighted by molar-refractivity contribution is 7.98. The fourth-order valence-corrected chi connectivity index (χ4v) is 3.42. The summed E-state index contributed by atoms with van der Waals surface area (Å²) in [6.07, 6.45) is 2.82. The first kappa shape index (κ1) is 21.9. The molecule has 0 radical (unpaired) electrons. The summed E-state index contributed by atoms with van der Waals surface area (Å²) in [5, 5.41) is 3.63. The zero-order valence-corrected chi connectivity index (χ0v) is 18.2. The Bertz CT molecular complexity index is 860. The fourth-order valence-electron chi connectivity index (χ4n) is 2.96. The van der Waals surface area contributed by atoms with Crippen molar-refractivity contribution in [2.45, 2.75) is 45.7 Å². The number of carbonyl (C=O) groups excluding carboxylic acids is 2. The number of rotatable bonds is 7. The molecular formula is C21H28N4O2S. The molecule has 0 fully saturated rings. The van der Waals surface area contributed by atoms with Crippen LogP contribution in [-0.4, -0.2) is 46.5 Å². The third-order valence-electron chi connectivity index (χ3n) is 4.86. The molecule has 0 unspecified atom stereocenters. The van der Waals surface area contributed by atoms with E-state index < -0.39 is 0 Å². The molecule has 0 spiro atoms. The van der Waals surface area contributed by atoms with Gasteiger partial charge in [0, 0.05) is 30.5 Å². The first-order chi connectivity index (χ1) is 13.2. The summed E-state index contributed by atoms with van der Waals surface area (Å²) in [6.45, 7) is 7.87. The van der Waals surface area contributed by atoms with E-state index in [1.807, 2.05) is 52.1 Å². The Morgan fingerprint density at radius 3 is 2.36 bits per heavy atom. The van der Waals surface area contributed by atoms with Crippen molar-refractivity contribution in [1.29, 1.82) is 0 Å². The molecular weight excluding hydrogens is 372 g/mol. The summed E-state index contributed by atoms with van der Waals surface area (Å²) in [4.78, 5) is 35.1. The number of aryl methyl sites for hydroxylation is 3. The summed E-state index contributed by atoms with van der Waals surface area (Å²) in [7, 11) is 1.65. The zero-order valence-electron chi connectivity index (χ0n) is 17.4. The monoisotopic (exact) mass is 400 g/mol. The van der Waals surface area contributed by atoms with Crippen LogP contribution in [0.3, 0.4) is 0 Å². The molecule has 0 saturated carbocycles. The van der Waals surface area contributed by atoms with Crippen LogP contribution in [0.2, 0.25) is 0 Å². The van der Waals surface area contributed by atoms with E-state index in [1.165, 1.54) is 16.7 Å². The maximum atomic E-state index is 12.5. The molecule has 1 N–H and O–H groups in total. The second kappa shape index (κ2) is 9.68. The molecule has 2 rings (SSSR count). The number of anilines is 1. The predicted octanol–water partition coefficient (Wildman–Crippen LogP) is 3.46. The lowest BCUT2D eigenvalue weighted by molar-refractivity contribution is -0.133. The van der Waals surface area contributed by atoms with Crippen LogP contribution < -0.4 is 5.32 Å². The second-order valence-corrected chi connectivity index (χ2v) is 7.68. The average Bonchev–Trinajstić information content (AvgIpc) is 2.64. The number of nitrogens with one attached hydrogen (secondary N) is 1. The molecule has 6 nitrogen and oxygen atoms in total. The summed E-state index contributed by atoms with van der Waals surface area (Å²) < 4.78 is 0. The van der Waals surface area contributed by atoms with Gasteiger partial charge in [0.1, 0.15) is 0 Å². The first-order valence-electron chi connectivity index (χ1n) is 9.21. The van der Waals surface area contributed by atoms with Crippen molar-refractivity contribution in [2.75, 3.05) is 25.2 Å². The van der Waals surface area contributed by atoms with E-state index in [0.717, 1.165) is 38.9 Å². The van der Waals surface area contributed by atoms with Crippen LogP contribution in [0.5, 0.6) is 0 Å².